The molecule has 2 fully saturated rings. The summed E-state index contributed by atoms with van der Waals surface area (Å²) in [6, 6.07) is 4.31. The summed E-state index contributed by atoms with van der Waals surface area (Å²) in [4.78, 5) is 22.5. The Bertz CT molecular complexity index is 1280. The summed E-state index contributed by atoms with van der Waals surface area (Å²) in [6.45, 7) is 4.27. The first-order chi connectivity index (χ1) is 16.5. The molecule has 178 valence electrons. The molecular weight excluding hydrogens is 448 g/mol. The molecule has 34 heavy (non-hydrogen) atoms. The molecular formula is C26H30N4O3S. The highest BCUT2D eigenvalue weighted by Crippen LogP contribution is 2.62. The van der Waals surface area contributed by atoms with E-state index in [2.05, 4.69) is 39.5 Å². The standard InChI is InChI=1S/C26H30N4O3S/c1-14-12-27-25(34-14)29-22(31)8-3-15-11-21(30-32)26(2)10-9-17-16-6-7-20-24(28-13-33-20)19(16)5-4-18(17)23(15)26/h6-7,12-13,15,17-18,23,32H,3-5,8-11H2,1-2H3,(H,27,29,31)/b30-21+. The molecule has 5 atom stereocenters. The summed E-state index contributed by atoms with van der Waals surface area (Å²) in [6.07, 6.45) is 9.56. The van der Waals surface area contributed by atoms with Gasteiger partial charge in [0.05, 0.1) is 5.71 Å². The van der Waals surface area contributed by atoms with Gasteiger partial charge in [-0.25, -0.2) is 9.97 Å². The van der Waals surface area contributed by atoms with E-state index in [0.717, 1.165) is 60.2 Å². The third-order valence-electron chi connectivity index (χ3n) is 8.81. The van der Waals surface area contributed by atoms with E-state index in [9.17, 15) is 10.0 Å². The van der Waals surface area contributed by atoms with Gasteiger partial charge in [0, 0.05) is 22.9 Å². The number of hydrogen-bond donors (Lipinski definition) is 2. The quantitative estimate of drug-likeness (QED) is 0.358. The number of carbonyl (C=O) groups excluding carboxylic acids is 1. The van der Waals surface area contributed by atoms with Crippen molar-refractivity contribution in [2.75, 3.05) is 5.32 Å². The average Bonchev–Trinajstić information content (AvgIpc) is 3.54. The van der Waals surface area contributed by atoms with E-state index in [4.69, 9.17) is 4.42 Å². The highest BCUT2D eigenvalue weighted by molar-refractivity contribution is 7.15. The molecule has 2 aromatic heterocycles. The zero-order chi connectivity index (χ0) is 23.4. The Labute approximate surface area is 202 Å². The minimum Gasteiger partial charge on any atom is -0.443 e. The van der Waals surface area contributed by atoms with Crippen molar-refractivity contribution >= 4 is 39.2 Å². The van der Waals surface area contributed by atoms with Crippen molar-refractivity contribution in [1.82, 2.24) is 9.97 Å². The van der Waals surface area contributed by atoms with Gasteiger partial charge < -0.3 is 14.9 Å². The third-order valence-corrected chi connectivity index (χ3v) is 9.64. The SMILES string of the molecule is Cc1cnc(NC(=O)CCC2C/C(=N\O)C3(C)CCC4c5ccc6ocnc6c5CCC4C23)s1. The fraction of sp³-hybridized carbons (Fsp3) is 0.538. The van der Waals surface area contributed by atoms with Gasteiger partial charge in [0.15, 0.2) is 17.1 Å². The second kappa shape index (κ2) is 8.18. The Morgan fingerprint density at radius 2 is 2.24 bits per heavy atom. The van der Waals surface area contributed by atoms with Crippen LogP contribution in [0.4, 0.5) is 5.13 Å². The van der Waals surface area contributed by atoms with E-state index in [-0.39, 0.29) is 11.3 Å². The van der Waals surface area contributed by atoms with Gasteiger partial charge in [0.1, 0.15) is 5.52 Å². The zero-order valence-electron chi connectivity index (χ0n) is 19.6. The number of amides is 1. The Morgan fingerprint density at radius 1 is 1.35 bits per heavy atom. The molecule has 1 aromatic carbocycles. The van der Waals surface area contributed by atoms with Crippen LogP contribution < -0.4 is 5.32 Å². The van der Waals surface area contributed by atoms with Crippen LogP contribution in [-0.4, -0.2) is 26.8 Å². The average molecular weight is 479 g/mol. The number of benzene rings is 1. The van der Waals surface area contributed by atoms with Crippen molar-refractivity contribution in [3.63, 3.8) is 0 Å². The lowest BCUT2D eigenvalue weighted by atomic mass is 9.54. The van der Waals surface area contributed by atoms with Gasteiger partial charge in [0.2, 0.25) is 5.91 Å². The third kappa shape index (κ3) is 3.37. The predicted octanol–water partition coefficient (Wildman–Crippen LogP) is 5.92. The van der Waals surface area contributed by atoms with Crippen molar-refractivity contribution in [1.29, 1.82) is 0 Å². The van der Waals surface area contributed by atoms with E-state index >= 15 is 0 Å². The van der Waals surface area contributed by atoms with Crippen molar-refractivity contribution in [2.45, 2.75) is 64.7 Å². The minimum atomic E-state index is -0.0982. The maximum atomic E-state index is 12.7. The summed E-state index contributed by atoms with van der Waals surface area (Å²) in [5, 5.41) is 17.3. The summed E-state index contributed by atoms with van der Waals surface area (Å²) < 4.78 is 5.55. The number of fused-ring (bicyclic) bond motifs is 7. The summed E-state index contributed by atoms with van der Waals surface area (Å²) in [5.74, 6) is 1.76. The number of nitrogens with zero attached hydrogens (tertiary/aromatic N) is 3. The van der Waals surface area contributed by atoms with Crippen LogP contribution in [0.2, 0.25) is 0 Å². The predicted molar refractivity (Wildman–Crippen MR) is 131 cm³/mol. The van der Waals surface area contributed by atoms with Crippen LogP contribution in [0.3, 0.4) is 0 Å². The highest BCUT2D eigenvalue weighted by Gasteiger charge is 2.57. The lowest BCUT2D eigenvalue weighted by Crippen LogP contribution is -2.44. The van der Waals surface area contributed by atoms with Crippen LogP contribution in [0.1, 0.15) is 67.4 Å². The lowest BCUT2D eigenvalue weighted by Gasteiger charge is -2.50. The molecule has 3 aromatic rings. The van der Waals surface area contributed by atoms with Crippen molar-refractivity contribution in [2.24, 2.45) is 28.3 Å². The van der Waals surface area contributed by atoms with Gasteiger partial charge >= 0.3 is 0 Å². The molecule has 0 aliphatic heterocycles. The molecule has 1 amide bonds. The Balaban J connectivity index is 1.25. The van der Waals surface area contributed by atoms with Gasteiger partial charge in [-0.15, -0.1) is 11.3 Å². The summed E-state index contributed by atoms with van der Waals surface area (Å²) in [7, 11) is 0. The monoisotopic (exact) mass is 478 g/mol. The first-order valence-electron chi connectivity index (χ1n) is 12.3. The van der Waals surface area contributed by atoms with Crippen LogP contribution in [0, 0.1) is 30.1 Å². The van der Waals surface area contributed by atoms with Crippen LogP contribution in [0.25, 0.3) is 11.1 Å². The topological polar surface area (TPSA) is 101 Å². The molecule has 6 rings (SSSR count). The Morgan fingerprint density at radius 3 is 3.03 bits per heavy atom. The van der Waals surface area contributed by atoms with Gasteiger partial charge in [-0.2, -0.15) is 0 Å². The second-order valence-electron chi connectivity index (χ2n) is 10.5. The smallest absolute Gasteiger partial charge is 0.226 e. The van der Waals surface area contributed by atoms with E-state index in [1.165, 1.54) is 22.5 Å². The van der Waals surface area contributed by atoms with Gasteiger partial charge in [0.25, 0.3) is 0 Å². The number of oxime groups is 1. The maximum Gasteiger partial charge on any atom is 0.226 e. The van der Waals surface area contributed by atoms with Crippen LogP contribution in [-0.2, 0) is 11.2 Å². The maximum absolute atomic E-state index is 12.7. The van der Waals surface area contributed by atoms with Crippen LogP contribution in [0.5, 0.6) is 0 Å². The number of aromatic nitrogens is 2. The van der Waals surface area contributed by atoms with Crippen molar-refractivity contribution in [3.8, 4) is 0 Å². The van der Waals surface area contributed by atoms with Crippen LogP contribution >= 0.6 is 11.3 Å². The molecule has 5 unspecified atom stereocenters. The molecule has 2 N–H and O–H groups in total. The van der Waals surface area contributed by atoms with Gasteiger partial charge in [-0.3, -0.25) is 4.79 Å². The fourth-order valence-electron chi connectivity index (χ4n) is 7.41. The molecule has 8 heteroatoms. The summed E-state index contributed by atoms with van der Waals surface area (Å²) in [5.41, 5.74) is 5.48. The number of nitrogens with one attached hydrogen (secondary N) is 1. The largest absolute Gasteiger partial charge is 0.443 e. The number of carbonyl (C=O) groups is 1. The zero-order valence-corrected chi connectivity index (χ0v) is 20.4. The number of oxazole rings is 1. The second-order valence-corrected chi connectivity index (χ2v) is 11.7. The Kier molecular flexibility index (Phi) is 5.24. The highest BCUT2D eigenvalue weighted by atomic mass is 32.1. The van der Waals surface area contributed by atoms with Gasteiger partial charge in [-0.05, 0) is 86.3 Å². The van der Waals surface area contributed by atoms with E-state index in [0.29, 0.717) is 35.2 Å². The molecule has 0 bridgehead atoms. The molecule has 3 aliphatic carbocycles. The number of anilines is 1. The molecule has 3 aliphatic rings. The first kappa shape index (κ1) is 21.8. The molecule has 0 radical (unpaired) electrons. The lowest BCUT2D eigenvalue weighted by molar-refractivity contribution is -0.116. The molecule has 0 saturated heterocycles. The molecule has 2 heterocycles. The number of aryl methyl sites for hydroxylation is 2. The molecule has 0 spiro atoms. The van der Waals surface area contributed by atoms with E-state index < -0.39 is 0 Å². The first-order valence-corrected chi connectivity index (χ1v) is 13.1. The molecule has 2 saturated carbocycles. The fourth-order valence-corrected chi connectivity index (χ4v) is 8.09. The number of rotatable bonds is 4. The Hall–Kier alpha value is -2.74. The van der Waals surface area contributed by atoms with E-state index in [1.807, 2.05) is 6.92 Å². The number of thiazole rings is 1. The minimum absolute atomic E-state index is 0.0141. The molecule has 7 nitrogen and oxygen atoms in total. The van der Waals surface area contributed by atoms with Crippen molar-refractivity contribution < 1.29 is 14.4 Å². The van der Waals surface area contributed by atoms with Crippen LogP contribution in [0.15, 0.2) is 34.3 Å². The number of hydrogen-bond acceptors (Lipinski definition) is 7. The normalized spacial score (nSPS) is 31.3. The van der Waals surface area contributed by atoms with Gasteiger partial charge in [-0.1, -0.05) is 18.1 Å². The van der Waals surface area contributed by atoms with Crippen molar-refractivity contribution in [3.05, 3.63) is 40.7 Å². The van der Waals surface area contributed by atoms with E-state index in [1.54, 1.807) is 12.6 Å². The summed E-state index contributed by atoms with van der Waals surface area (Å²) >= 11 is 1.50.